The van der Waals surface area contributed by atoms with Crippen LogP contribution in [0.5, 0.6) is 0 Å². The summed E-state index contributed by atoms with van der Waals surface area (Å²) in [6, 6.07) is 9.11. The molecule has 0 saturated carbocycles. The molecule has 1 aliphatic rings. The Morgan fingerprint density at radius 2 is 2.00 bits per heavy atom. The van der Waals surface area contributed by atoms with Gasteiger partial charge in [-0.3, -0.25) is 0 Å². The molecule has 0 bridgehead atoms. The van der Waals surface area contributed by atoms with Gasteiger partial charge in [-0.15, -0.1) is 0 Å². The number of hydrogen-bond donors (Lipinski definition) is 2. The average Bonchev–Trinajstić information content (AvgIpc) is 2.30. The Hall–Kier alpha value is -0.860. The summed E-state index contributed by atoms with van der Waals surface area (Å²) < 4.78 is 0. The maximum absolute atomic E-state index is 9.02. The molecule has 0 radical (unpaired) electrons. The Kier molecular flexibility index (Phi) is 3.39. The zero-order valence-corrected chi connectivity index (χ0v) is 9.24. The van der Waals surface area contributed by atoms with Gasteiger partial charge in [0.15, 0.2) is 0 Å². The highest BCUT2D eigenvalue weighted by Gasteiger charge is 2.20. The van der Waals surface area contributed by atoms with E-state index in [2.05, 4.69) is 36.5 Å². The van der Waals surface area contributed by atoms with Gasteiger partial charge in [-0.05, 0) is 31.2 Å². The summed E-state index contributed by atoms with van der Waals surface area (Å²) in [5.41, 5.74) is 2.74. The van der Waals surface area contributed by atoms with Gasteiger partial charge >= 0.3 is 0 Å². The zero-order valence-electron chi connectivity index (χ0n) is 9.24. The summed E-state index contributed by atoms with van der Waals surface area (Å²) in [7, 11) is 0. The SMILES string of the molecule is Cc1ccc(C2CCC(CO)NC2)cc1. The van der Waals surface area contributed by atoms with Crippen molar-refractivity contribution in [1.82, 2.24) is 5.32 Å². The van der Waals surface area contributed by atoms with Crippen molar-refractivity contribution in [2.45, 2.75) is 31.7 Å². The molecule has 0 aromatic heterocycles. The Balaban J connectivity index is 1.98. The van der Waals surface area contributed by atoms with Crippen molar-refractivity contribution in [3.63, 3.8) is 0 Å². The van der Waals surface area contributed by atoms with Crippen LogP contribution in [0.2, 0.25) is 0 Å². The summed E-state index contributed by atoms with van der Waals surface area (Å²) in [5, 5.41) is 12.4. The molecular weight excluding hydrogens is 186 g/mol. The first kappa shape index (κ1) is 10.7. The second-order valence-corrected chi connectivity index (χ2v) is 4.47. The number of aryl methyl sites for hydroxylation is 1. The molecule has 2 N–H and O–H groups in total. The Morgan fingerprint density at radius 3 is 2.53 bits per heavy atom. The molecule has 2 nitrogen and oxygen atoms in total. The molecule has 1 aliphatic heterocycles. The second-order valence-electron chi connectivity index (χ2n) is 4.47. The smallest absolute Gasteiger partial charge is 0.0584 e. The highest BCUT2D eigenvalue weighted by Crippen LogP contribution is 2.25. The van der Waals surface area contributed by atoms with Crippen LogP contribution in [0.3, 0.4) is 0 Å². The van der Waals surface area contributed by atoms with Gasteiger partial charge in [0, 0.05) is 12.6 Å². The highest BCUT2D eigenvalue weighted by atomic mass is 16.3. The second kappa shape index (κ2) is 4.77. The van der Waals surface area contributed by atoms with Crippen molar-refractivity contribution >= 4 is 0 Å². The van der Waals surface area contributed by atoms with Crippen LogP contribution in [0, 0.1) is 6.92 Å². The highest BCUT2D eigenvalue weighted by molar-refractivity contribution is 5.25. The fourth-order valence-electron chi connectivity index (χ4n) is 2.19. The predicted octanol–water partition coefficient (Wildman–Crippen LogP) is 1.82. The largest absolute Gasteiger partial charge is 0.395 e. The molecule has 2 heteroatoms. The summed E-state index contributed by atoms with van der Waals surface area (Å²) in [5.74, 6) is 0.619. The minimum absolute atomic E-state index is 0.265. The quantitative estimate of drug-likeness (QED) is 0.772. The van der Waals surface area contributed by atoms with Crippen LogP contribution in [0.1, 0.15) is 29.9 Å². The standard InChI is InChI=1S/C13H19NO/c1-10-2-4-11(5-3-10)12-6-7-13(9-15)14-8-12/h2-5,12-15H,6-9H2,1H3. The van der Waals surface area contributed by atoms with Crippen LogP contribution in [0.15, 0.2) is 24.3 Å². The third-order valence-electron chi connectivity index (χ3n) is 3.29. The fraction of sp³-hybridized carbons (Fsp3) is 0.538. The summed E-state index contributed by atoms with van der Waals surface area (Å²) >= 11 is 0. The molecule has 0 spiro atoms. The van der Waals surface area contributed by atoms with Gasteiger partial charge in [0.1, 0.15) is 0 Å². The third kappa shape index (κ3) is 2.58. The monoisotopic (exact) mass is 205 g/mol. The van der Waals surface area contributed by atoms with Gasteiger partial charge in [0.25, 0.3) is 0 Å². The van der Waals surface area contributed by atoms with Crippen LogP contribution in [0.4, 0.5) is 0 Å². The number of aliphatic hydroxyl groups is 1. The lowest BCUT2D eigenvalue weighted by Gasteiger charge is -2.29. The van der Waals surface area contributed by atoms with Gasteiger partial charge in [0.05, 0.1) is 6.61 Å². The van der Waals surface area contributed by atoms with Crippen LogP contribution in [0.25, 0.3) is 0 Å². The van der Waals surface area contributed by atoms with E-state index in [1.165, 1.54) is 17.5 Å². The zero-order chi connectivity index (χ0) is 10.7. The minimum atomic E-state index is 0.265. The van der Waals surface area contributed by atoms with Crippen molar-refractivity contribution < 1.29 is 5.11 Å². The lowest BCUT2D eigenvalue weighted by Crippen LogP contribution is -2.40. The van der Waals surface area contributed by atoms with Gasteiger partial charge in [0.2, 0.25) is 0 Å². The number of rotatable bonds is 2. The van der Waals surface area contributed by atoms with E-state index in [-0.39, 0.29) is 6.61 Å². The first-order chi connectivity index (χ1) is 7.29. The molecule has 2 atom stereocenters. The summed E-state index contributed by atoms with van der Waals surface area (Å²) in [6.45, 7) is 3.37. The van der Waals surface area contributed by atoms with Crippen molar-refractivity contribution in [2.24, 2.45) is 0 Å². The molecule has 0 amide bonds. The van der Waals surface area contributed by atoms with Crippen molar-refractivity contribution in [3.8, 4) is 0 Å². The van der Waals surface area contributed by atoms with E-state index in [4.69, 9.17) is 5.11 Å². The molecule has 1 aromatic rings. The normalized spacial score (nSPS) is 26.5. The van der Waals surface area contributed by atoms with E-state index in [0.29, 0.717) is 12.0 Å². The molecule has 1 fully saturated rings. The lowest BCUT2D eigenvalue weighted by atomic mass is 9.88. The molecule has 15 heavy (non-hydrogen) atoms. The number of piperidine rings is 1. The maximum Gasteiger partial charge on any atom is 0.0584 e. The predicted molar refractivity (Wildman–Crippen MR) is 62.0 cm³/mol. The number of aliphatic hydroxyl groups excluding tert-OH is 1. The van der Waals surface area contributed by atoms with Gasteiger partial charge in [-0.1, -0.05) is 29.8 Å². The van der Waals surface area contributed by atoms with Crippen molar-refractivity contribution in [1.29, 1.82) is 0 Å². The molecule has 0 aliphatic carbocycles. The molecular formula is C13H19NO. The van der Waals surface area contributed by atoms with Crippen LogP contribution < -0.4 is 5.32 Å². The maximum atomic E-state index is 9.02. The summed E-state index contributed by atoms with van der Waals surface area (Å²) in [6.07, 6.45) is 2.26. The Labute approximate surface area is 91.3 Å². The van der Waals surface area contributed by atoms with Crippen LogP contribution in [-0.2, 0) is 0 Å². The van der Waals surface area contributed by atoms with E-state index >= 15 is 0 Å². The number of hydrogen-bond acceptors (Lipinski definition) is 2. The van der Waals surface area contributed by atoms with E-state index in [1.54, 1.807) is 0 Å². The van der Waals surface area contributed by atoms with E-state index in [0.717, 1.165) is 13.0 Å². The van der Waals surface area contributed by atoms with Gasteiger partial charge in [-0.2, -0.15) is 0 Å². The number of benzene rings is 1. The first-order valence-corrected chi connectivity index (χ1v) is 5.70. The fourth-order valence-corrected chi connectivity index (χ4v) is 2.19. The minimum Gasteiger partial charge on any atom is -0.395 e. The summed E-state index contributed by atoms with van der Waals surface area (Å²) in [4.78, 5) is 0. The Morgan fingerprint density at radius 1 is 1.27 bits per heavy atom. The molecule has 2 rings (SSSR count). The van der Waals surface area contributed by atoms with E-state index in [9.17, 15) is 0 Å². The van der Waals surface area contributed by atoms with Crippen molar-refractivity contribution in [3.05, 3.63) is 35.4 Å². The van der Waals surface area contributed by atoms with Crippen LogP contribution >= 0.6 is 0 Å². The van der Waals surface area contributed by atoms with Gasteiger partial charge in [-0.25, -0.2) is 0 Å². The van der Waals surface area contributed by atoms with E-state index < -0.39 is 0 Å². The van der Waals surface area contributed by atoms with Crippen molar-refractivity contribution in [2.75, 3.05) is 13.2 Å². The molecule has 82 valence electrons. The van der Waals surface area contributed by atoms with Gasteiger partial charge < -0.3 is 10.4 Å². The molecule has 1 saturated heterocycles. The first-order valence-electron chi connectivity index (χ1n) is 5.70. The molecule has 1 aromatic carbocycles. The Bertz CT molecular complexity index is 299. The molecule has 1 heterocycles. The number of nitrogens with one attached hydrogen (secondary N) is 1. The third-order valence-corrected chi connectivity index (χ3v) is 3.29. The van der Waals surface area contributed by atoms with E-state index in [1.807, 2.05) is 0 Å². The molecule has 2 unspecified atom stereocenters. The van der Waals surface area contributed by atoms with Crippen LogP contribution in [-0.4, -0.2) is 24.3 Å². The average molecular weight is 205 g/mol. The topological polar surface area (TPSA) is 32.3 Å². The lowest BCUT2D eigenvalue weighted by molar-refractivity contribution is 0.213.